The molecule has 0 saturated carbocycles. The molecular weight excluding hydrogens is 393 g/mol. The van der Waals surface area contributed by atoms with Crippen LogP contribution in [0.15, 0.2) is 72.8 Å². The van der Waals surface area contributed by atoms with Gasteiger partial charge in [-0.25, -0.2) is 0 Å². The molecule has 0 aliphatic heterocycles. The predicted molar refractivity (Wildman–Crippen MR) is 108 cm³/mol. The summed E-state index contributed by atoms with van der Waals surface area (Å²) in [6, 6.07) is 20.1. The van der Waals surface area contributed by atoms with Crippen molar-refractivity contribution in [2.75, 3.05) is 7.11 Å². The maximum absolute atomic E-state index is 12.7. The first-order valence-electron chi connectivity index (χ1n) is 9.40. The first-order chi connectivity index (χ1) is 14.3. The van der Waals surface area contributed by atoms with E-state index >= 15 is 0 Å². The first-order valence-corrected chi connectivity index (χ1v) is 9.40. The lowest BCUT2D eigenvalue weighted by Gasteiger charge is -2.10. The predicted octanol–water partition coefficient (Wildman–Crippen LogP) is 6.06. The lowest BCUT2D eigenvalue weighted by Crippen LogP contribution is -2.04. The van der Waals surface area contributed by atoms with Crippen molar-refractivity contribution in [1.29, 1.82) is 0 Å². The van der Waals surface area contributed by atoms with Gasteiger partial charge in [0.1, 0.15) is 12.4 Å². The molecule has 0 bridgehead atoms. The van der Waals surface area contributed by atoms with Gasteiger partial charge >= 0.3 is 12.1 Å². The molecule has 0 amide bonds. The van der Waals surface area contributed by atoms with Crippen molar-refractivity contribution in [1.82, 2.24) is 0 Å². The van der Waals surface area contributed by atoms with Gasteiger partial charge in [0.15, 0.2) is 0 Å². The van der Waals surface area contributed by atoms with Gasteiger partial charge in [0.2, 0.25) is 0 Å². The standard InChI is InChI=1S/C24H21F3O3/c1-29-23(28)14-7-17-5-12-22(13-6-17)30-16-18-3-2-4-20(15-18)19-8-10-21(11-9-19)24(25,26)27/h2-6,8-13,15H,7,14,16H2,1H3. The van der Waals surface area contributed by atoms with Crippen LogP contribution in [0.3, 0.4) is 0 Å². The molecule has 0 heterocycles. The van der Waals surface area contributed by atoms with E-state index in [1.807, 2.05) is 48.5 Å². The van der Waals surface area contributed by atoms with Gasteiger partial charge < -0.3 is 9.47 Å². The number of halogens is 3. The van der Waals surface area contributed by atoms with E-state index in [9.17, 15) is 18.0 Å². The highest BCUT2D eigenvalue weighted by Crippen LogP contribution is 2.31. The lowest BCUT2D eigenvalue weighted by atomic mass is 10.0. The van der Waals surface area contributed by atoms with Gasteiger partial charge in [0.05, 0.1) is 12.7 Å². The number of hydrogen-bond acceptors (Lipinski definition) is 3. The van der Waals surface area contributed by atoms with Gasteiger partial charge in [-0.15, -0.1) is 0 Å². The molecule has 0 saturated heterocycles. The number of esters is 1. The summed E-state index contributed by atoms with van der Waals surface area (Å²) < 4.78 is 48.6. The third kappa shape index (κ3) is 5.86. The summed E-state index contributed by atoms with van der Waals surface area (Å²) in [5.41, 5.74) is 2.78. The number of rotatable bonds is 7. The van der Waals surface area contributed by atoms with Gasteiger partial charge in [0, 0.05) is 6.42 Å². The first kappa shape index (κ1) is 21.4. The molecule has 3 rings (SSSR count). The molecule has 0 radical (unpaired) electrons. The number of aryl methyl sites for hydroxylation is 1. The SMILES string of the molecule is COC(=O)CCc1ccc(OCc2cccc(-c3ccc(C(F)(F)F)cc3)c2)cc1. The fourth-order valence-corrected chi connectivity index (χ4v) is 2.96. The molecule has 0 N–H and O–H groups in total. The van der Waals surface area contributed by atoms with Gasteiger partial charge in [0.25, 0.3) is 0 Å². The van der Waals surface area contributed by atoms with Crippen molar-refractivity contribution >= 4 is 5.97 Å². The molecule has 3 aromatic carbocycles. The number of carbonyl (C=O) groups excluding carboxylic acids is 1. The fraction of sp³-hybridized carbons (Fsp3) is 0.208. The Balaban J connectivity index is 1.61. The number of carbonyl (C=O) groups is 1. The molecule has 3 nitrogen and oxygen atoms in total. The Kier molecular flexibility index (Phi) is 6.77. The second-order valence-corrected chi connectivity index (χ2v) is 6.78. The van der Waals surface area contributed by atoms with Crippen LogP contribution in [-0.4, -0.2) is 13.1 Å². The van der Waals surface area contributed by atoms with E-state index in [-0.39, 0.29) is 5.97 Å². The van der Waals surface area contributed by atoms with Crippen molar-refractivity contribution in [2.45, 2.75) is 25.6 Å². The molecule has 156 valence electrons. The maximum Gasteiger partial charge on any atom is 0.416 e. The van der Waals surface area contributed by atoms with Crippen molar-refractivity contribution in [3.05, 3.63) is 89.5 Å². The Bertz CT molecular complexity index is 978. The summed E-state index contributed by atoms with van der Waals surface area (Å²) in [7, 11) is 1.37. The van der Waals surface area contributed by atoms with Crippen molar-refractivity contribution in [3.8, 4) is 16.9 Å². The molecule has 0 aliphatic carbocycles. The summed E-state index contributed by atoms with van der Waals surface area (Å²) in [4.78, 5) is 11.2. The van der Waals surface area contributed by atoms with Crippen LogP contribution in [0.25, 0.3) is 11.1 Å². The highest BCUT2D eigenvalue weighted by atomic mass is 19.4. The topological polar surface area (TPSA) is 35.5 Å². The van der Waals surface area contributed by atoms with Crippen LogP contribution in [0.1, 0.15) is 23.1 Å². The minimum atomic E-state index is -4.34. The van der Waals surface area contributed by atoms with Gasteiger partial charge in [-0.3, -0.25) is 4.79 Å². The number of ether oxygens (including phenoxy) is 2. The molecule has 0 atom stereocenters. The van der Waals surface area contributed by atoms with E-state index in [1.54, 1.807) is 0 Å². The number of benzene rings is 3. The van der Waals surface area contributed by atoms with Gasteiger partial charge in [-0.05, 0) is 59.0 Å². The molecule has 6 heteroatoms. The Morgan fingerprint density at radius 2 is 1.57 bits per heavy atom. The molecule has 0 spiro atoms. The van der Waals surface area contributed by atoms with Crippen molar-refractivity contribution in [3.63, 3.8) is 0 Å². The Morgan fingerprint density at radius 3 is 2.20 bits per heavy atom. The third-order valence-electron chi connectivity index (χ3n) is 4.65. The molecule has 0 aliphatic rings. The monoisotopic (exact) mass is 414 g/mol. The molecule has 30 heavy (non-hydrogen) atoms. The molecule has 0 fully saturated rings. The Morgan fingerprint density at radius 1 is 0.867 bits per heavy atom. The van der Waals surface area contributed by atoms with E-state index in [1.165, 1.54) is 19.2 Å². The fourth-order valence-electron chi connectivity index (χ4n) is 2.96. The summed E-state index contributed by atoms with van der Waals surface area (Å²) in [6.07, 6.45) is -3.42. The number of hydrogen-bond donors (Lipinski definition) is 0. The van der Waals surface area contributed by atoms with E-state index in [4.69, 9.17) is 4.74 Å². The normalized spacial score (nSPS) is 11.2. The average molecular weight is 414 g/mol. The third-order valence-corrected chi connectivity index (χ3v) is 4.65. The maximum atomic E-state index is 12.7. The Hall–Kier alpha value is -3.28. The van der Waals surface area contributed by atoms with E-state index in [2.05, 4.69) is 4.74 Å². The second kappa shape index (κ2) is 9.48. The minimum Gasteiger partial charge on any atom is -0.489 e. The average Bonchev–Trinajstić information content (AvgIpc) is 2.76. The van der Waals surface area contributed by atoms with Gasteiger partial charge in [-0.1, -0.05) is 42.5 Å². The van der Waals surface area contributed by atoms with Gasteiger partial charge in [-0.2, -0.15) is 13.2 Å². The number of alkyl halides is 3. The van der Waals surface area contributed by atoms with Crippen molar-refractivity contribution in [2.24, 2.45) is 0 Å². The highest BCUT2D eigenvalue weighted by molar-refractivity contribution is 5.69. The minimum absolute atomic E-state index is 0.247. The summed E-state index contributed by atoms with van der Waals surface area (Å²) in [5.74, 6) is 0.444. The quantitative estimate of drug-likeness (QED) is 0.441. The van der Waals surface area contributed by atoms with E-state index < -0.39 is 11.7 Å². The largest absolute Gasteiger partial charge is 0.489 e. The second-order valence-electron chi connectivity index (χ2n) is 6.78. The summed E-state index contributed by atoms with van der Waals surface area (Å²) in [5, 5.41) is 0. The van der Waals surface area contributed by atoms with Crippen LogP contribution in [0.2, 0.25) is 0 Å². The Labute approximate surface area is 173 Å². The van der Waals surface area contributed by atoms with Crippen LogP contribution < -0.4 is 4.74 Å². The highest BCUT2D eigenvalue weighted by Gasteiger charge is 2.29. The molecule has 0 unspecified atom stereocenters. The number of methoxy groups -OCH3 is 1. The smallest absolute Gasteiger partial charge is 0.416 e. The van der Waals surface area contributed by atoms with Crippen LogP contribution >= 0.6 is 0 Å². The van der Waals surface area contributed by atoms with Crippen LogP contribution in [-0.2, 0) is 28.7 Å². The molecule has 3 aromatic rings. The van der Waals surface area contributed by atoms with Crippen LogP contribution in [0.5, 0.6) is 5.75 Å². The zero-order chi connectivity index (χ0) is 21.6. The zero-order valence-corrected chi connectivity index (χ0v) is 16.4. The van der Waals surface area contributed by atoms with Crippen LogP contribution in [0.4, 0.5) is 13.2 Å². The van der Waals surface area contributed by atoms with E-state index in [0.29, 0.717) is 30.8 Å². The van der Waals surface area contributed by atoms with Crippen LogP contribution in [0, 0.1) is 0 Å². The summed E-state index contributed by atoms with van der Waals surface area (Å²) in [6.45, 7) is 0.329. The zero-order valence-electron chi connectivity index (χ0n) is 16.4. The molecule has 0 aromatic heterocycles. The molecular formula is C24H21F3O3. The van der Waals surface area contributed by atoms with Crippen molar-refractivity contribution < 1.29 is 27.4 Å². The lowest BCUT2D eigenvalue weighted by molar-refractivity contribution is -0.140. The summed E-state index contributed by atoms with van der Waals surface area (Å²) >= 11 is 0. The van der Waals surface area contributed by atoms with E-state index in [0.717, 1.165) is 28.8 Å².